The molecule has 0 atom stereocenters. The van der Waals surface area contributed by atoms with Gasteiger partial charge in [0.25, 0.3) is 0 Å². The lowest BCUT2D eigenvalue weighted by Crippen LogP contribution is -2.06. The zero-order valence-electron chi connectivity index (χ0n) is 14.9. The summed E-state index contributed by atoms with van der Waals surface area (Å²) in [5.74, 6) is 0.101. The Bertz CT molecular complexity index is 1210. The minimum Gasteiger partial charge on any atom is -0.410 e. The van der Waals surface area contributed by atoms with Crippen LogP contribution in [0.5, 0.6) is 0 Å². The van der Waals surface area contributed by atoms with Gasteiger partial charge < -0.3 is 10.9 Å². The Kier molecular flexibility index (Phi) is 4.46. The van der Waals surface area contributed by atoms with Gasteiger partial charge in [-0.1, -0.05) is 47.6 Å². The standard InChI is InChI=1S/C21H15F3N4O/c22-21(23,24)16-8-4-7-14(11-16)19-20(25)26-17-10-9-15(12-28(17)19)18(27-29)13-5-2-1-3-6-13/h1-12,29H,25H2/b27-18+. The molecule has 0 saturated carbocycles. The fraction of sp³-hybridized carbons (Fsp3) is 0.0476. The van der Waals surface area contributed by atoms with Crippen LogP contribution in [-0.4, -0.2) is 20.3 Å². The van der Waals surface area contributed by atoms with Crippen LogP contribution in [0.25, 0.3) is 16.9 Å². The number of anilines is 1. The maximum absolute atomic E-state index is 13.1. The zero-order chi connectivity index (χ0) is 20.6. The molecule has 0 radical (unpaired) electrons. The van der Waals surface area contributed by atoms with E-state index < -0.39 is 11.7 Å². The van der Waals surface area contributed by atoms with Crippen molar-refractivity contribution in [2.45, 2.75) is 6.18 Å². The molecule has 2 heterocycles. The van der Waals surface area contributed by atoms with Crippen LogP contribution in [0.1, 0.15) is 16.7 Å². The SMILES string of the molecule is Nc1nc2ccc(/C(=N/O)c3ccccc3)cn2c1-c1cccc(C(F)(F)F)c1. The maximum atomic E-state index is 13.1. The molecule has 0 aliphatic heterocycles. The van der Waals surface area contributed by atoms with Crippen molar-refractivity contribution in [1.29, 1.82) is 0 Å². The van der Waals surface area contributed by atoms with Crippen molar-refractivity contribution >= 4 is 17.2 Å². The van der Waals surface area contributed by atoms with E-state index in [0.717, 1.165) is 12.1 Å². The molecule has 0 aliphatic rings. The van der Waals surface area contributed by atoms with E-state index in [4.69, 9.17) is 5.73 Å². The molecule has 0 amide bonds. The van der Waals surface area contributed by atoms with Crippen LogP contribution in [0, 0.1) is 0 Å². The highest BCUT2D eigenvalue weighted by molar-refractivity contribution is 6.12. The van der Waals surface area contributed by atoms with Crippen LogP contribution in [0.3, 0.4) is 0 Å². The number of alkyl halides is 3. The van der Waals surface area contributed by atoms with Crippen molar-refractivity contribution in [2.75, 3.05) is 5.73 Å². The molecule has 2 aromatic carbocycles. The molecule has 29 heavy (non-hydrogen) atoms. The summed E-state index contributed by atoms with van der Waals surface area (Å²) >= 11 is 0. The Balaban J connectivity index is 1.89. The second kappa shape index (κ2) is 6.97. The third-order valence-corrected chi connectivity index (χ3v) is 4.53. The second-order valence-electron chi connectivity index (χ2n) is 6.38. The summed E-state index contributed by atoms with van der Waals surface area (Å²) in [6.45, 7) is 0. The molecule has 4 aromatic rings. The average molecular weight is 396 g/mol. The Morgan fingerprint density at radius 1 is 0.966 bits per heavy atom. The smallest absolute Gasteiger partial charge is 0.410 e. The molecule has 5 nitrogen and oxygen atoms in total. The maximum Gasteiger partial charge on any atom is 0.416 e. The van der Waals surface area contributed by atoms with Gasteiger partial charge in [0.15, 0.2) is 5.82 Å². The summed E-state index contributed by atoms with van der Waals surface area (Å²) in [4.78, 5) is 4.24. The molecule has 4 rings (SSSR count). The molecule has 0 bridgehead atoms. The summed E-state index contributed by atoms with van der Waals surface area (Å²) in [7, 11) is 0. The number of halogens is 3. The molecule has 8 heteroatoms. The molecule has 0 unspecified atom stereocenters. The van der Waals surface area contributed by atoms with Crippen LogP contribution in [-0.2, 0) is 6.18 Å². The molecular formula is C21H15F3N4O. The fourth-order valence-electron chi connectivity index (χ4n) is 3.21. The lowest BCUT2D eigenvalue weighted by molar-refractivity contribution is -0.137. The monoisotopic (exact) mass is 396 g/mol. The molecule has 0 saturated heterocycles. The van der Waals surface area contributed by atoms with Crippen LogP contribution in [0.15, 0.2) is 78.1 Å². The first-order valence-electron chi connectivity index (χ1n) is 8.61. The highest BCUT2D eigenvalue weighted by Gasteiger charge is 2.31. The minimum absolute atomic E-state index is 0.101. The Hall–Kier alpha value is -3.81. The van der Waals surface area contributed by atoms with Gasteiger partial charge in [-0.2, -0.15) is 13.2 Å². The molecule has 0 fully saturated rings. The minimum atomic E-state index is -4.47. The Morgan fingerprint density at radius 2 is 1.72 bits per heavy atom. The number of nitrogen functional groups attached to an aromatic ring is 1. The summed E-state index contributed by atoms with van der Waals surface area (Å²) < 4.78 is 41.0. The van der Waals surface area contributed by atoms with Gasteiger partial charge >= 0.3 is 6.18 Å². The number of rotatable bonds is 3. The lowest BCUT2D eigenvalue weighted by atomic mass is 10.0. The number of aromatic nitrogens is 2. The largest absolute Gasteiger partial charge is 0.416 e. The van der Waals surface area contributed by atoms with Crippen molar-refractivity contribution in [2.24, 2.45) is 5.16 Å². The summed E-state index contributed by atoms with van der Waals surface area (Å²) in [6.07, 6.45) is -2.84. The van der Waals surface area contributed by atoms with Gasteiger partial charge in [0.1, 0.15) is 11.4 Å². The van der Waals surface area contributed by atoms with E-state index in [9.17, 15) is 18.4 Å². The first-order valence-corrected chi connectivity index (χ1v) is 8.61. The van der Waals surface area contributed by atoms with Gasteiger partial charge in [0.05, 0.1) is 11.3 Å². The first kappa shape index (κ1) is 18.5. The number of oxime groups is 1. The predicted molar refractivity (Wildman–Crippen MR) is 104 cm³/mol. The molecule has 2 aromatic heterocycles. The summed E-state index contributed by atoms with van der Waals surface area (Å²) in [6, 6.07) is 17.3. The highest BCUT2D eigenvalue weighted by atomic mass is 19.4. The van der Waals surface area contributed by atoms with Gasteiger partial charge in [-0.15, -0.1) is 0 Å². The first-order chi connectivity index (χ1) is 13.9. The average Bonchev–Trinajstić information content (AvgIpc) is 3.04. The van der Waals surface area contributed by atoms with E-state index in [1.807, 2.05) is 18.2 Å². The van der Waals surface area contributed by atoms with E-state index in [2.05, 4.69) is 10.1 Å². The molecular weight excluding hydrogens is 381 g/mol. The van der Waals surface area contributed by atoms with Gasteiger partial charge in [0.2, 0.25) is 0 Å². The van der Waals surface area contributed by atoms with Gasteiger partial charge in [-0.05, 0) is 24.3 Å². The van der Waals surface area contributed by atoms with E-state index in [1.165, 1.54) is 6.07 Å². The number of hydrogen-bond donors (Lipinski definition) is 2. The predicted octanol–water partition coefficient (Wildman–Crippen LogP) is 4.83. The molecule has 146 valence electrons. The lowest BCUT2D eigenvalue weighted by Gasteiger charge is -2.10. The van der Waals surface area contributed by atoms with E-state index >= 15 is 0 Å². The van der Waals surface area contributed by atoms with Crippen LogP contribution >= 0.6 is 0 Å². The number of nitrogens with two attached hydrogens (primary N) is 1. The molecule has 0 aliphatic carbocycles. The van der Waals surface area contributed by atoms with Gasteiger partial charge in [0, 0.05) is 22.9 Å². The number of nitrogens with zero attached hydrogens (tertiary/aromatic N) is 3. The van der Waals surface area contributed by atoms with Gasteiger partial charge in [-0.25, -0.2) is 4.98 Å². The van der Waals surface area contributed by atoms with E-state index in [-0.39, 0.29) is 11.4 Å². The fourth-order valence-corrected chi connectivity index (χ4v) is 3.21. The number of hydrogen-bond acceptors (Lipinski definition) is 4. The van der Waals surface area contributed by atoms with Crippen molar-refractivity contribution in [3.8, 4) is 11.3 Å². The van der Waals surface area contributed by atoms with Crippen LogP contribution in [0.2, 0.25) is 0 Å². The zero-order valence-corrected chi connectivity index (χ0v) is 14.9. The number of fused-ring (bicyclic) bond motifs is 1. The molecule has 3 N–H and O–H groups in total. The van der Waals surface area contributed by atoms with Crippen molar-refractivity contribution in [3.63, 3.8) is 0 Å². The highest BCUT2D eigenvalue weighted by Crippen LogP contribution is 2.34. The quantitative estimate of drug-likeness (QED) is 0.296. The number of pyridine rings is 1. The van der Waals surface area contributed by atoms with Crippen molar-refractivity contribution < 1.29 is 18.4 Å². The third-order valence-electron chi connectivity index (χ3n) is 4.53. The van der Waals surface area contributed by atoms with Crippen molar-refractivity contribution in [3.05, 3.63) is 89.6 Å². The third kappa shape index (κ3) is 3.40. The Labute approximate surface area is 163 Å². The van der Waals surface area contributed by atoms with Crippen molar-refractivity contribution in [1.82, 2.24) is 9.38 Å². The summed E-state index contributed by atoms with van der Waals surface area (Å²) in [5.41, 5.74) is 7.87. The number of benzene rings is 2. The van der Waals surface area contributed by atoms with Crippen LogP contribution < -0.4 is 5.73 Å². The molecule has 0 spiro atoms. The van der Waals surface area contributed by atoms with E-state index in [1.54, 1.807) is 40.9 Å². The van der Waals surface area contributed by atoms with Crippen LogP contribution in [0.4, 0.5) is 19.0 Å². The number of imidazole rings is 1. The summed E-state index contributed by atoms with van der Waals surface area (Å²) in [5, 5.41) is 12.9. The normalized spacial score (nSPS) is 12.4. The topological polar surface area (TPSA) is 75.9 Å². The second-order valence-corrected chi connectivity index (χ2v) is 6.38. The van der Waals surface area contributed by atoms with E-state index in [0.29, 0.717) is 28.2 Å². The van der Waals surface area contributed by atoms with Gasteiger partial charge in [-0.3, -0.25) is 4.40 Å². The Morgan fingerprint density at radius 3 is 2.41 bits per heavy atom.